The van der Waals surface area contributed by atoms with Crippen LogP contribution in [0, 0.1) is 13.8 Å². The molecule has 0 spiro atoms. The van der Waals surface area contributed by atoms with E-state index in [1.54, 1.807) is 13.1 Å². The summed E-state index contributed by atoms with van der Waals surface area (Å²) in [6.07, 6.45) is 1.72. The molecule has 4 rings (SSSR count). The van der Waals surface area contributed by atoms with Crippen molar-refractivity contribution in [3.63, 3.8) is 0 Å². The van der Waals surface area contributed by atoms with Crippen molar-refractivity contribution in [3.05, 3.63) is 69.8 Å². The first-order valence-electron chi connectivity index (χ1n) is 10.8. The molecule has 8 heteroatoms. The van der Waals surface area contributed by atoms with E-state index in [1.807, 2.05) is 55.1 Å². The van der Waals surface area contributed by atoms with Crippen LogP contribution < -0.4 is 15.2 Å². The molecule has 32 heavy (non-hydrogen) atoms. The van der Waals surface area contributed by atoms with E-state index in [0.717, 1.165) is 11.4 Å². The average molecular weight is 434 g/mol. The summed E-state index contributed by atoms with van der Waals surface area (Å²) >= 11 is 0. The second-order valence-corrected chi connectivity index (χ2v) is 7.74. The molecule has 0 bridgehead atoms. The fourth-order valence-electron chi connectivity index (χ4n) is 3.73. The summed E-state index contributed by atoms with van der Waals surface area (Å²) in [5.74, 6) is 1.96. The molecule has 0 atom stereocenters. The Bertz CT molecular complexity index is 1160. The van der Waals surface area contributed by atoms with Crippen molar-refractivity contribution in [2.45, 2.75) is 20.8 Å². The maximum absolute atomic E-state index is 13.0. The van der Waals surface area contributed by atoms with E-state index in [9.17, 15) is 9.59 Å². The quantitative estimate of drug-likeness (QED) is 0.665. The van der Waals surface area contributed by atoms with E-state index in [-0.39, 0.29) is 11.5 Å². The number of aromatic amines is 1. The number of para-hydroxylation sites is 1. The zero-order chi connectivity index (χ0) is 22.7. The van der Waals surface area contributed by atoms with Gasteiger partial charge in [-0.1, -0.05) is 12.1 Å². The largest absolute Gasteiger partial charge is 0.493 e. The molecule has 3 aromatic rings. The summed E-state index contributed by atoms with van der Waals surface area (Å²) in [4.78, 5) is 40.9. The lowest BCUT2D eigenvalue weighted by molar-refractivity contribution is 0.0742. The van der Waals surface area contributed by atoms with Crippen LogP contribution in [0.1, 0.15) is 28.5 Å². The van der Waals surface area contributed by atoms with Gasteiger partial charge >= 0.3 is 0 Å². The molecule has 8 nitrogen and oxygen atoms in total. The van der Waals surface area contributed by atoms with E-state index >= 15 is 0 Å². The van der Waals surface area contributed by atoms with Gasteiger partial charge in [0.2, 0.25) is 0 Å². The van der Waals surface area contributed by atoms with E-state index < -0.39 is 0 Å². The molecule has 0 radical (unpaired) electrons. The predicted molar refractivity (Wildman–Crippen MR) is 123 cm³/mol. The standard InChI is InChI=1S/C24H27N5O3/c1-4-32-20-8-6-5-7-19(20)24(31)29-13-11-28(12-14-29)21-10-9-18(15-25-21)22-26-17(3)16(2)23(30)27-22/h5-10,15H,4,11-14H2,1-3H3,(H,26,27,30). The van der Waals surface area contributed by atoms with Gasteiger partial charge in [-0.15, -0.1) is 0 Å². The Balaban J connectivity index is 1.43. The number of hydrogen-bond acceptors (Lipinski definition) is 6. The summed E-state index contributed by atoms with van der Waals surface area (Å²) < 4.78 is 5.61. The molecule has 1 saturated heterocycles. The van der Waals surface area contributed by atoms with Crippen LogP contribution in [0.3, 0.4) is 0 Å². The van der Waals surface area contributed by atoms with Gasteiger partial charge in [-0.3, -0.25) is 9.59 Å². The van der Waals surface area contributed by atoms with Crippen LogP contribution >= 0.6 is 0 Å². The highest BCUT2D eigenvalue weighted by atomic mass is 16.5. The number of amides is 1. The lowest BCUT2D eigenvalue weighted by Crippen LogP contribution is -2.49. The lowest BCUT2D eigenvalue weighted by Gasteiger charge is -2.35. The number of H-pyrrole nitrogens is 1. The molecule has 1 amide bonds. The molecule has 0 unspecified atom stereocenters. The number of piperazine rings is 1. The van der Waals surface area contributed by atoms with Crippen LogP contribution in [0.4, 0.5) is 5.82 Å². The number of nitrogens with one attached hydrogen (secondary N) is 1. The Morgan fingerprint density at radius 2 is 1.84 bits per heavy atom. The van der Waals surface area contributed by atoms with Gasteiger partial charge in [0.25, 0.3) is 11.5 Å². The predicted octanol–water partition coefficient (Wildman–Crippen LogP) is 2.81. The van der Waals surface area contributed by atoms with Gasteiger partial charge in [-0.2, -0.15) is 0 Å². The normalized spacial score (nSPS) is 13.8. The molecular formula is C24H27N5O3. The number of anilines is 1. The van der Waals surface area contributed by atoms with Crippen molar-refractivity contribution in [1.29, 1.82) is 0 Å². The minimum absolute atomic E-state index is 0.0122. The Labute approximate surface area is 186 Å². The number of carbonyl (C=O) groups excluding carboxylic acids is 1. The van der Waals surface area contributed by atoms with Crippen LogP contribution in [-0.2, 0) is 0 Å². The van der Waals surface area contributed by atoms with Crippen molar-refractivity contribution >= 4 is 11.7 Å². The number of nitrogens with zero attached hydrogens (tertiary/aromatic N) is 4. The molecule has 2 aromatic heterocycles. The third-order valence-corrected chi connectivity index (χ3v) is 5.72. The summed E-state index contributed by atoms with van der Waals surface area (Å²) in [5.41, 5.74) is 2.55. The molecule has 3 heterocycles. The van der Waals surface area contributed by atoms with Crippen LogP contribution in [0.5, 0.6) is 5.75 Å². The van der Waals surface area contributed by atoms with Crippen LogP contribution in [-0.4, -0.2) is 58.5 Å². The highest BCUT2D eigenvalue weighted by molar-refractivity contribution is 5.97. The highest BCUT2D eigenvalue weighted by Gasteiger charge is 2.24. The van der Waals surface area contributed by atoms with Gasteiger partial charge in [-0.25, -0.2) is 9.97 Å². The SMILES string of the molecule is CCOc1ccccc1C(=O)N1CCN(c2ccc(-c3nc(C)c(C)c(=O)[nH]3)cn2)CC1. The number of aryl methyl sites for hydroxylation is 1. The number of hydrogen-bond donors (Lipinski definition) is 1. The van der Waals surface area contributed by atoms with Gasteiger partial charge in [0, 0.05) is 49.2 Å². The molecule has 1 aliphatic rings. The molecule has 1 fully saturated rings. The lowest BCUT2D eigenvalue weighted by atomic mass is 10.1. The Kier molecular flexibility index (Phi) is 6.20. The second kappa shape index (κ2) is 9.21. The van der Waals surface area contributed by atoms with Crippen LogP contribution in [0.2, 0.25) is 0 Å². The van der Waals surface area contributed by atoms with Crippen molar-refractivity contribution in [1.82, 2.24) is 19.9 Å². The summed E-state index contributed by atoms with van der Waals surface area (Å²) in [6.45, 7) is 8.59. The number of carbonyl (C=O) groups is 1. The maximum atomic E-state index is 13.0. The van der Waals surface area contributed by atoms with Crippen LogP contribution in [0.25, 0.3) is 11.4 Å². The monoisotopic (exact) mass is 433 g/mol. The van der Waals surface area contributed by atoms with E-state index in [4.69, 9.17) is 4.74 Å². The molecular weight excluding hydrogens is 406 g/mol. The number of pyridine rings is 1. The number of rotatable bonds is 5. The molecule has 1 N–H and O–H groups in total. The van der Waals surface area contributed by atoms with E-state index in [2.05, 4.69) is 19.9 Å². The molecule has 166 valence electrons. The summed E-state index contributed by atoms with van der Waals surface area (Å²) in [6, 6.07) is 11.2. The summed E-state index contributed by atoms with van der Waals surface area (Å²) in [5, 5.41) is 0. The Morgan fingerprint density at radius 1 is 1.09 bits per heavy atom. The Morgan fingerprint density at radius 3 is 2.50 bits per heavy atom. The second-order valence-electron chi connectivity index (χ2n) is 7.74. The molecule has 1 aromatic carbocycles. The van der Waals surface area contributed by atoms with Crippen molar-refractivity contribution in [3.8, 4) is 17.1 Å². The smallest absolute Gasteiger partial charge is 0.257 e. The molecule has 1 aliphatic heterocycles. The van der Waals surface area contributed by atoms with Crippen molar-refractivity contribution in [2.75, 3.05) is 37.7 Å². The first kappa shape index (κ1) is 21.5. The number of aromatic nitrogens is 3. The van der Waals surface area contributed by atoms with Gasteiger partial charge in [0.1, 0.15) is 17.4 Å². The maximum Gasteiger partial charge on any atom is 0.257 e. The minimum Gasteiger partial charge on any atom is -0.493 e. The first-order valence-corrected chi connectivity index (χ1v) is 10.8. The molecule has 0 saturated carbocycles. The third-order valence-electron chi connectivity index (χ3n) is 5.72. The van der Waals surface area contributed by atoms with Crippen molar-refractivity contribution in [2.24, 2.45) is 0 Å². The van der Waals surface area contributed by atoms with Gasteiger partial charge in [0.05, 0.1) is 12.2 Å². The van der Waals surface area contributed by atoms with Crippen molar-refractivity contribution < 1.29 is 9.53 Å². The average Bonchev–Trinajstić information content (AvgIpc) is 2.82. The van der Waals surface area contributed by atoms with E-state index in [1.165, 1.54) is 0 Å². The number of ether oxygens (including phenoxy) is 1. The third kappa shape index (κ3) is 4.34. The first-order chi connectivity index (χ1) is 15.5. The van der Waals surface area contributed by atoms with E-state index in [0.29, 0.717) is 61.2 Å². The van der Waals surface area contributed by atoms with Gasteiger partial charge in [-0.05, 0) is 45.0 Å². The zero-order valence-corrected chi connectivity index (χ0v) is 18.6. The fourth-order valence-corrected chi connectivity index (χ4v) is 3.73. The molecule has 0 aliphatic carbocycles. The fraction of sp³-hybridized carbons (Fsp3) is 0.333. The zero-order valence-electron chi connectivity index (χ0n) is 18.6. The summed E-state index contributed by atoms with van der Waals surface area (Å²) in [7, 11) is 0. The van der Waals surface area contributed by atoms with Gasteiger partial charge in [0.15, 0.2) is 0 Å². The van der Waals surface area contributed by atoms with Gasteiger partial charge < -0.3 is 19.5 Å². The number of benzene rings is 1. The Hall–Kier alpha value is -3.68. The van der Waals surface area contributed by atoms with Crippen LogP contribution in [0.15, 0.2) is 47.4 Å². The highest BCUT2D eigenvalue weighted by Crippen LogP contribution is 2.22. The minimum atomic E-state index is -0.136. The topological polar surface area (TPSA) is 91.4 Å².